The second kappa shape index (κ2) is 6.94. The van der Waals surface area contributed by atoms with E-state index >= 15 is 0 Å². The number of benzene rings is 2. The van der Waals surface area contributed by atoms with Gasteiger partial charge in [-0.25, -0.2) is 4.98 Å². The molecule has 1 aromatic heterocycles. The molecule has 0 spiro atoms. The number of carbonyl (C=O) groups excluding carboxylic acids is 1. The van der Waals surface area contributed by atoms with Crippen molar-refractivity contribution >= 4 is 79.0 Å². The van der Waals surface area contributed by atoms with Crippen molar-refractivity contribution in [3.63, 3.8) is 0 Å². The molecule has 4 nitrogen and oxygen atoms in total. The summed E-state index contributed by atoms with van der Waals surface area (Å²) in [7, 11) is 1.45. The smallest absolute Gasteiger partial charge is 0.257 e. The highest BCUT2D eigenvalue weighted by Gasteiger charge is 2.16. The normalized spacial score (nSPS) is 10.9. The van der Waals surface area contributed by atoms with E-state index in [-0.39, 0.29) is 15.6 Å². The van der Waals surface area contributed by atoms with Gasteiger partial charge < -0.3 is 4.74 Å². The van der Waals surface area contributed by atoms with Crippen molar-refractivity contribution < 1.29 is 9.53 Å². The number of methoxy groups -OCH3 is 1. The highest BCUT2D eigenvalue weighted by molar-refractivity contribution is 7.22. The van der Waals surface area contributed by atoms with Crippen LogP contribution in [0, 0.1) is 0 Å². The number of fused-ring (bicyclic) bond motifs is 1. The van der Waals surface area contributed by atoms with Gasteiger partial charge in [0.25, 0.3) is 5.91 Å². The molecule has 0 aliphatic rings. The highest BCUT2D eigenvalue weighted by atomic mass is 35.5. The van der Waals surface area contributed by atoms with Gasteiger partial charge in [0, 0.05) is 5.56 Å². The molecule has 9 heteroatoms. The van der Waals surface area contributed by atoms with E-state index in [0.29, 0.717) is 26.4 Å². The lowest BCUT2D eigenvalue weighted by Crippen LogP contribution is -2.11. The number of thiazole rings is 1. The summed E-state index contributed by atoms with van der Waals surface area (Å²) in [6.45, 7) is 0. The topological polar surface area (TPSA) is 51.2 Å². The summed E-state index contributed by atoms with van der Waals surface area (Å²) in [4.78, 5) is 16.7. The van der Waals surface area contributed by atoms with Gasteiger partial charge in [0.05, 0.1) is 31.9 Å². The number of nitrogens with zero attached hydrogens (tertiary/aromatic N) is 1. The van der Waals surface area contributed by atoms with Gasteiger partial charge in [0.2, 0.25) is 0 Å². The first-order valence-corrected chi connectivity index (χ1v) is 8.82. The van der Waals surface area contributed by atoms with Gasteiger partial charge in [-0.1, -0.05) is 57.7 Å². The van der Waals surface area contributed by atoms with E-state index in [1.807, 2.05) is 0 Å². The van der Waals surface area contributed by atoms with Gasteiger partial charge in [-0.15, -0.1) is 0 Å². The average Bonchev–Trinajstić information content (AvgIpc) is 2.94. The fraction of sp³-hybridized carbons (Fsp3) is 0.0667. The van der Waals surface area contributed by atoms with E-state index in [9.17, 15) is 4.79 Å². The molecule has 0 bridgehead atoms. The first-order chi connectivity index (χ1) is 11.4. The molecule has 0 saturated carbocycles. The largest absolute Gasteiger partial charge is 0.494 e. The summed E-state index contributed by atoms with van der Waals surface area (Å²) >= 11 is 25.5. The number of ether oxygens (including phenoxy) is 1. The van der Waals surface area contributed by atoms with E-state index in [0.717, 1.165) is 4.70 Å². The van der Waals surface area contributed by atoms with Crippen LogP contribution in [0.25, 0.3) is 10.2 Å². The van der Waals surface area contributed by atoms with Crippen LogP contribution >= 0.6 is 57.7 Å². The van der Waals surface area contributed by atoms with Crippen molar-refractivity contribution in [3.05, 3.63) is 49.9 Å². The summed E-state index contributed by atoms with van der Waals surface area (Å²) < 4.78 is 5.87. The number of aromatic nitrogens is 1. The molecule has 0 fully saturated rings. The van der Waals surface area contributed by atoms with E-state index in [1.165, 1.54) is 30.6 Å². The van der Waals surface area contributed by atoms with Crippen molar-refractivity contribution in [3.8, 4) is 5.75 Å². The summed E-state index contributed by atoms with van der Waals surface area (Å²) in [6.07, 6.45) is 0. The molecule has 0 aliphatic heterocycles. The Labute approximate surface area is 161 Å². The minimum Gasteiger partial charge on any atom is -0.494 e. The zero-order valence-corrected chi connectivity index (χ0v) is 15.8. The first kappa shape index (κ1) is 17.6. The lowest BCUT2D eigenvalue weighted by Gasteiger charge is -2.08. The number of hydrogen-bond donors (Lipinski definition) is 1. The lowest BCUT2D eigenvalue weighted by atomic mass is 10.2. The van der Waals surface area contributed by atoms with Crippen molar-refractivity contribution in [2.24, 2.45) is 0 Å². The Kier molecular flexibility index (Phi) is 5.08. The third-order valence-corrected chi connectivity index (χ3v) is 5.43. The fourth-order valence-electron chi connectivity index (χ4n) is 2.05. The number of hydrogen-bond acceptors (Lipinski definition) is 4. The van der Waals surface area contributed by atoms with Crippen LogP contribution in [-0.2, 0) is 0 Å². The Morgan fingerprint density at radius 3 is 2.42 bits per heavy atom. The van der Waals surface area contributed by atoms with Gasteiger partial charge >= 0.3 is 0 Å². The highest BCUT2D eigenvalue weighted by Crippen LogP contribution is 2.36. The number of carbonyl (C=O) groups is 1. The molecule has 1 N–H and O–H groups in total. The molecule has 0 radical (unpaired) electrons. The van der Waals surface area contributed by atoms with Crippen molar-refractivity contribution in [1.29, 1.82) is 0 Å². The Bertz CT molecular complexity index is 935. The number of amides is 1. The summed E-state index contributed by atoms with van der Waals surface area (Å²) in [5.74, 6) is -0.0842. The monoisotopic (exact) mass is 420 g/mol. The van der Waals surface area contributed by atoms with E-state index in [4.69, 9.17) is 51.1 Å². The molecule has 1 heterocycles. The third kappa shape index (κ3) is 3.27. The first-order valence-electron chi connectivity index (χ1n) is 6.49. The van der Waals surface area contributed by atoms with E-state index in [1.54, 1.807) is 12.1 Å². The van der Waals surface area contributed by atoms with Crippen LogP contribution in [0.1, 0.15) is 10.4 Å². The van der Waals surface area contributed by atoms with Crippen molar-refractivity contribution in [1.82, 2.24) is 4.98 Å². The molecule has 0 unspecified atom stereocenters. The van der Waals surface area contributed by atoms with Crippen LogP contribution < -0.4 is 10.1 Å². The Balaban J connectivity index is 1.91. The minimum atomic E-state index is -0.400. The molecule has 3 rings (SSSR count). The van der Waals surface area contributed by atoms with Crippen LogP contribution in [0.3, 0.4) is 0 Å². The van der Waals surface area contributed by atoms with Gasteiger partial charge in [-0.2, -0.15) is 0 Å². The van der Waals surface area contributed by atoms with Gasteiger partial charge in [-0.05, 0) is 24.3 Å². The number of anilines is 1. The molecule has 24 heavy (non-hydrogen) atoms. The zero-order valence-electron chi connectivity index (χ0n) is 12.0. The van der Waals surface area contributed by atoms with Gasteiger partial charge in [0.1, 0.15) is 5.52 Å². The Morgan fingerprint density at radius 1 is 1.12 bits per heavy atom. The zero-order chi connectivity index (χ0) is 17.4. The second-order valence-electron chi connectivity index (χ2n) is 4.65. The average molecular weight is 422 g/mol. The maximum atomic E-state index is 12.4. The van der Waals surface area contributed by atoms with E-state index < -0.39 is 5.91 Å². The quantitative estimate of drug-likeness (QED) is 0.549. The maximum absolute atomic E-state index is 12.4. The molecule has 0 saturated heterocycles. The number of rotatable bonds is 3. The van der Waals surface area contributed by atoms with Crippen LogP contribution in [0.15, 0.2) is 24.3 Å². The van der Waals surface area contributed by atoms with Crippen molar-refractivity contribution in [2.45, 2.75) is 0 Å². The second-order valence-corrected chi connectivity index (χ2v) is 7.28. The summed E-state index contributed by atoms with van der Waals surface area (Å²) in [5, 5.41) is 4.33. The van der Waals surface area contributed by atoms with Gasteiger partial charge in [0.15, 0.2) is 10.9 Å². The van der Waals surface area contributed by atoms with Crippen LogP contribution in [0.4, 0.5) is 5.13 Å². The molecule has 3 aromatic rings. The predicted molar refractivity (Wildman–Crippen MR) is 101 cm³/mol. The predicted octanol–water partition coefficient (Wildman–Crippen LogP) is 6.17. The molecule has 1 amide bonds. The molecule has 124 valence electrons. The molecule has 0 atom stereocenters. The number of nitrogens with one attached hydrogen (secondary N) is 1. The molecule has 2 aromatic carbocycles. The molecule has 0 aliphatic carbocycles. The van der Waals surface area contributed by atoms with Crippen LogP contribution in [0.2, 0.25) is 20.1 Å². The molecular formula is C15H8Cl4N2O2S. The van der Waals surface area contributed by atoms with E-state index in [2.05, 4.69) is 10.3 Å². The lowest BCUT2D eigenvalue weighted by molar-refractivity contribution is 0.102. The van der Waals surface area contributed by atoms with Crippen LogP contribution in [0.5, 0.6) is 5.75 Å². The third-order valence-electron chi connectivity index (χ3n) is 3.14. The SMILES string of the molecule is COc1c(Cl)cc(C(=O)Nc2nc3c(Cl)c(Cl)ccc3s2)cc1Cl. The van der Waals surface area contributed by atoms with Crippen LogP contribution in [-0.4, -0.2) is 18.0 Å². The molecular weight excluding hydrogens is 414 g/mol. The summed E-state index contributed by atoms with van der Waals surface area (Å²) in [5.41, 5.74) is 0.824. The standard InChI is InChI=1S/C15H8Cl4N2O2S/c1-23-13-8(17)4-6(5-9(13)18)14(22)21-15-20-12-10(24-15)3-2-7(16)11(12)19/h2-5H,1H3,(H,20,21,22). The summed E-state index contributed by atoms with van der Waals surface area (Å²) in [6, 6.07) is 6.41. The number of halogens is 4. The Morgan fingerprint density at radius 2 is 1.79 bits per heavy atom. The van der Waals surface area contributed by atoms with Crippen molar-refractivity contribution in [2.75, 3.05) is 12.4 Å². The van der Waals surface area contributed by atoms with Gasteiger partial charge in [-0.3, -0.25) is 10.1 Å². The minimum absolute atomic E-state index is 0.245. The Hall–Kier alpha value is -1.24. The maximum Gasteiger partial charge on any atom is 0.257 e. The fourth-order valence-corrected chi connectivity index (χ4v) is 3.97.